The highest BCUT2D eigenvalue weighted by Crippen LogP contribution is 2.20. The SMILES string of the molecule is CCCCCCCS/C(N)=C/C=C(\N)NC(=O)c1ccccc1N(C)S(C)=O. The van der Waals surface area contributed by atoms with Crippen LogP contribution in [0.4, 0.5) is 5.69 Å². The van der Waals surface area contributed by atoms with Gasteiger partial charge in [-0.05, 0) is 36.5 Å². The molecule has 5 N–H and O–H groups in total. The second-order valence-electron chi connectivity index (χ2n) is 6.35. The minimum atomic E-state index is -1.24. The summed E-state index contributed by atoms with van der Waals surface area (Å²) in [5.74, 6) is 0.809. The van der Waals surface area contributed by atoms with E-state index in [0.717, 1.165) is 12.2 Å². The Morgan fingerprint density at radius 3 is 2.54 bits per heavy atom. The number of unbranched alkanes of at least 4 members (excludes halogenated alkanes) is 4. The molecular formula is C20H32N4O2S2. The summed E-state index contributed by atoms with van der Waals surface area (Å²) in [4.78, 5) is 12.5. The zero-order valence-electron chi connectivity index (χ0n) is 16.9. The minimum Gasteiger partial charge on any atom is -0.394 e. The maximum absolute atomic E-state index is 12.5. The summed E-state index contributed by atoms with van der Waals surface area (Å²) < 4.78 is 13.3. The quantitative estimate of drug-likeness (QED) is 0.352. The topological polar surface area (TPSA) is 101 Å². The first-order chi connectivity index (χ1) is 13.4. The summed E-state index contributed by atoms with van der Waals surface area (Å²) >= 11 is 1.59. The van der Waals surface area contributed by atoms with E-state index in [9.17, 15) is 9.00 Å². The van der Waals surface area contributed by atoms with Crippen molar-refractivity contribution in [2.75, 3.05) is 23.4 Å². The van der Waals surface area contributed by atoms with Gasteiger partial charge >= 0.3 is 0 Å². The molecular weight excluding hydrogens is 392 g/mol. The minimum absolute atomic E-state index is 0.201. The highest BCUT2D eigenvalue weighted by atomic mass is 32.2. The summed E-state index contributed by atoms with van der Waals surface area (Å²) in [7, 11) is 0.433. The van der Waals surface area contributed by atoms with Gasteiger partial charge in [0.05, 0.1) is 16.3 Å². The molecule has 0 aliphatic carbocycles. The molecule has 0 aliphatic heterocycles. The maximum atomic E-state index is 12.5. The van der Waals surface area contributed by atoms with Crippen molar-refractivity contribution in [3.63, 3.8) is 0 Å². The Labute approximate surface area is 175 Å². The van der Waals surface area contributed by atoms with Crippen LogP contribution in [-0.2, 0) is 11.0 Å². The predicted octanol–water partition coefficient (Wildman–Crippen LogP) is 3.45. The van der Waals surface area contributed by atoms with Gasteiger partial charge in [0.2, 0.25) is 0 Å². The van der Waals surface area contributed by atoms with E-state index in [1.807, 2.05) is 0 Å². The maximum Gasteiger partial charge on any atom is 0.258 e. The van der Waals surface area contributed by atoms with Crippen molar-refractivity contribution in [2.45, 2.75) is 39.0 Å². The number of nitrogens with two attached hydrogens (primary N) is 2. The molecule has 1 atom stereocenters. The Balaban J connectivity index is 2.61. The third-order valence-corrected chi connectivity index (χ3v) is 6.01. The zero-order chi connectivity index (χ0) is 20.9. The molecule has 0 spiro atoms. The fourth-order valence-corrected chi connectivity index (χ4v) is 3.62. The van der Waals surface area contributed by atoms with E-state index >= 15 is 0 Å². The van der Waals surface area contributed by atoms with Crippen LogP contribution in [0, 0.1) is 0 Å². The summed E-state index contributed by atoms with van der Waals surface area (Å²) in [5, 5.41) is 3.30. The summed E-state index contributed by atoms with van der Waals surface area (Å²) in [6.45, 7) is 2.20. The second-order valence-corrected chi connectivity index (χ2v) is 8.91. The van der Waals surface area contributed by atoms with Crippen molar-refractivity contribution in [3.8, 4) is 0 Å². The molecule has 1 aromatic rings. The molecule has 0 bridgehead atoms. The first-order valence-electron chi connectivity index (χ1n) is 9.40. The van der Waals surface area contributed by atoms with Gasteiger partial charge in [0.15, 0.2) is 0 Å². The van der Waals surface area contributed by atoms with Gasteiger partial charge in [0.1, 0.15) is 16.8 Å². The highest BCUT2D eigenvalue weighted by molar-refractivity contribution is 8.03. The number of para-hydroxylation sites is 1. The molecule has 1 unspecified atom stereocenters. The van der Waals surface area contributed by atoms with Gasteiger partial charge in [-0.2, -0.15) is 0 Å². The highest BCUT2D eigenvalue weighted by Gasteiger charge is 2.15. The molecule has 156 valence electrons. The largest absolute Gasteiger partial charge is 0.394 e. The van der Waals surface area contributed by atoms with Gasteiger partial charge in [-0.1, -0.05) is 44.7 Å². The fraction of sp³-hybridized carbons (Fsp3) is 0.450. The van der Waals surface area contributed by atoms with Crippen LogP contribution in [0.1, 0.15) is 49.4 Å². The zero-order valence-corrected chi connectivity index (χ0v) is 18.6. The lowest BCUT2D eigenvalue weighted by atomic mass is 10.1. The van der Waals surface area contributed by atoms with Gasteiger partial charge in [-0.25, -0.2) is 4.21 Å². The second kappa shape index (κ2) is 13.3. The smallest absolute Gasteiger partial charge is 0.258 e. The van der Waals surface area contributed by atoms with E-state index in [0.29, 0.717) is 16.3 Å². The van der Waals surface area contributed by atoms with Gasteiger partial charge in [-0.15, -0.1) is 11.8 Å². The van der Waals surface area contributed by atoms with Crippen LogP contribution < -0.4 is 21.1 Å². The van der Waals surface area contributed by atoms with E-state index < -0.39 is 11.0 Å². The Bertz CT molecular complexity index is 720. The summed E-state index contributed by atoms with van der Waals surface area (Å²) in [6.07, 6.45) is 11.0. The molecule has 1 aromatic carbocycles. The molecule has 0 saturated heterocycles. The number of nitrogens with zero attached hydrogens (tertiary/aromatic N) is 1. The number of anilines is 1. The number of thioether (sulfide) groups is 1. The van der Waals surface area contributed by atoms with Crippen molar-refractivity contribution in [2.24, 2.45) is 11.5 Å². The van der Waals surface area contributed by atoms with Crippen molar-refractivity contribution in [1.82, 2.24) is 5.32 Å². The first-order valence-corrected chi connectivity index (χ1v) is 11.9. The van der Waals surface area contributed by atoms with Crippen molar-refractivity contribution < 1.29 is 9.00 Å². The van der Waals surface area contributed by atoms with Gasteiger partial charge in [-0.3, -0.25) is 9.10 Å². The molecule has 1 amide bonds. The van der Waals surface area contributed by atoms with Crippen LogP contribution in [0.5, 0.6) is 0 Å². The Morgan fingerprint density at radius 2 is 1.86 bits per heavy atom. The Hall–Kier alpha value is -1.93. The van der Waals surface area contributed by atoms with Crippen molar-refractivity contribution in [3.05, 3.63) is 52.8 Å². The van der Waals surface area contributed by atoms with Crippen LogP contribution in [0.2, 0.25) is 0 Å². The van der Waals surface area contributed by atoms with Crippen molar-refractivity contribution >= 4 is 34.3 Å². The van der Waals surface area contributed by atoms with E-state index in [1.165, 1.54) is 30.0 Å². The van der Waals surface area contributed by atoms with E-state index in [4.69, 9.17) is 11.5 Å². The standard InChI is InChI=1S/C20H32N4O2S2/c1-4-5-6-7-10-15-27-19(22)14-13-18(21)23-20(25)16-11-8-9-12-17(16)24(2)28(3)26/h8-9,11-14H,4-7,10,15,21-22H2,1-3H3,(H,23,25)/b18-13+,19-14+. The molecule has 0 aromatic heterocycles. The number of amides is 1. The Kier molecular flexibility index (Phi) is 11.4. The van der Waals surface area contributed by atoms with Crippen LogP contribution in [-0.4, -0.2) is 29.2 Å². The molecule has 0 aliphatic rings. The number of hydrogen-bond acceptors (Lipinski definition) is 5. The number of nitrogens with one attached hydrogen (secondary N) is 1. The Morgan fingerprint density at radius 1 is 1.18 bits per heavy atom. The molecule has 6 nitrogen and oxygen atoms in total. The number of carbonyl (C=O) groups is 1. The van der Waals surface area contributed by atoms with Gasteiger partial charge in [0, 0.05) is 13.3 Å². The van der Waals surface area contributed by atoms with Gasteiger partial charge < -0.3 is 16.8 Å². The van der Waals surface area contributed by atoms with Crippen LogP contribution >= 0.6 is 11.8 Å². The van der Waals surface area contributed by atoms with Crippen LogP contribution in [0.25, 0.3) is 0 Å². The van der Waals surface area contributed by atoms with Crippen LogP contribution in [0.15, 0.2) is 47.3 Å². The first kappa shape index (κ1) is 24.1. The average molecular weight is 425 g/mol. The average Bonchev–Trinajstić information content (AvgIpc) is 2.68. The van der Waals surface area contributed by atoms with E-state index in [2.05, 4.69) is 12.2 Å². The number of rotatable bonds is 12. The molecule has 8 heteroatoms. The van der Waals surface area contributed by atoms with E-state index in [-0.39, 0.29) is 11.7 Å². The number of benzene rings is 1. The molecule has 0 heterocycles. The monoisotopic (exact) mass is 424 g/mol. The third-order valence-electron chi connectivity index (χ3n) is 4.08. The fourth-order valence-electron chi connectivity index (χ4n) is 2.43. The molecule has 1 rings (SSSR count). The lowest BCUT2D eigenvalue weighted by Crippen LogP contribution is -2.30. The normalized spacial score (nSPS) is 13.2. The molecule has 28 heavy (non-hydrogen) atoms. The molecule has 0 saturated carbocycles. The van der Waals surface area contributed by atoms with Crippen LogP contribution in [0.3, 0.4) is 0 Å². The predicted molar refractivity (Wildman–Crippen MR) is 122 cm³/mol. The number of allylic oxidation sites excluding steroid dienone is 2. The summed E-state index contributed by atoms with van der Waals surface area (Å²) in [5.41, 5.74) is 12.8. The molecule has 0 fully saturated rings. The van der Waals surface area contributed by atoms with E-state index in [1.54, 1.807) is 61.5 Å². The summed E-state index contributed by atoms with van der Waals surface area (Å²) in [6, 6.07) is 6.95. The lowest BCUT2D eigenvalue weighted by molar-refractivity contribution is 0.0966. The molecule has 0 radical (unpaired) electrons. The number of hydrogen-bond donors (Lipinski definition) is 3. The van der Waals surface area contributed by atoms with Gasteiger partial charge in [0.25, 0.3) is 5.91 Å². The lowest BCUT2D eigenvalue weighted by Gasteiger charge is -2.19. The van der Waals surface area contributed by atoms with Crippen molar-refractivity contribution in [1.29, 1.82) is 0 Å². The third kappa shape index (κ3) is 8.84. The number of carbonyl (C=O) groups excluding carboxylic acids is 1.